The van der Waals surface area contributed by atoms with Gasteiger partial charge in [-0.3, -0.25) is 9.59 Å². The molecular formula is C17H14O7. The topological polar surface area (TPSA) is 113 Å². The van der Waals surface area contributed by atoms with Crippen molar-refractivity contribution in [2.24, 2.45) is 0 Å². The molecule has 0 aromatic heterocycles. The summed E-state index contributed by atoms with van der Waals surface area (Å²) < 4.78 is 11.0. The van der Waals surface area contributed by atoms with Crippen LogP contribution in [-0.2, 0) is 15.3 Å². The first kappa shape index (κ1) is 15.7. The number of phenols is 3. The second kappa shape index (κ2) is 5.45. The molecule has 1 aliphatic heterocycles. The van der Waals surface area contributed by atoms with Crippen LogP contribution in [-0.4, -0.2) is 27.1 Å². The molecule has 3 N–H and O–H groups in total. The van der Waals surface area contributed by atoms with Crippen molar-refractivity contribution in [3.05, 3.63) is 47.5 Å². The molecule has 124 valence electrons. The number of rotatable bonds is 2. The molecule has 1 heterocycles. The fraction of sp³-hybridized carbons (Fsp3) is 0.176. The van der Waals surface area contributed by atoms with Gasteiger partial charge < -0.3 is 24.8 Å². The maximum atomic E-state index is 12.5. The van der Waals surface area contributed by atoms with E-state index in [0.717, 1.165) is 12.1 Å². The normalized spacial score (nSPS) is 19.3. The number of carbonyl (C=O) groups excluding carboxylic acids is 2. The molecule has 3 rings (SSSR count). The summed E-state index contributed by atoms with van der Waals surface area (Å²) in [5.41, 5.74) is 0.242. The van der Waals surface area contributed by atoms with E-state index in [-0.39, 0.29) is 29.2 Å². The summed E-state index contributed by atoms with van der Waals surface area (Å²) in [6, 6.07) is 7.83. The molecule has 0 saturated heterocycles. The van der Waals surface area contributed by atoms with Crippen LogP contribution in [0.5, 0.6) is 23.0 Å². The lowest BCUT2D eigenvalue weighted by atomic mass is 9.92. The van der Waals surface area contributed by atoms with Crippen LogP contribution in [0.15, 0.2) is 36.4 Å². The molecule has 1 aliphatic rings. The van der Waals surface area contributed by atoms with Crippen molar-refractivity contribution in [2.75, 3.05) is 0 Å². The van der Waals surface area contributed by atoms with Gasteiger partial charge in [-0.05, 0) is 24.3 Å². The predicted octanol–water partition coefficient (Wildman–Crippen LogP) is 2.18. The number of aromatic hydroxyl groups is 3. The Hall–Kier alpha value is -3.22. The number of fused-ring (bicyclic) bond motifs is 1. The van der Waals surface area contributed by atoms with E-state index in [1.165, 1.54) is 31.2 Å². The lowest BCUT2D eigenvalue weighted by Gasteiger charge is -2.37. The standard InChI is InChI=1S/C17H14O7/c1-9(18)23-17(10-2-4-11(19)5-3-10)8-14(22)16-13(21)6-12(20)7-15(16)24-17/h2-7,19-21H,8H2,1H3. The summed E-state index contributed by atoms with van der Waals surface area (Å²) in [6.07, 6.45) is -0.358. The van der Waals surface area contributed by atoms with Gasteiger partial charge in [0, 0.05) is 24.6 Å². The molecule has 1 atom stereocenters. The Kier molecular flexibility index (Phi) is 3.56. The van der Waals surface area contributed by atoms with Crippen molar-refractivity contribution >= 4 is 11.8 Å². The highest BCUT2D eigenvalue weighted by Crippen LogP contribution is 2.45. The minimum atomic E-state index is -1.75. The summed E-state index contributed by atoms with van der Waals surface area (Å²) in [4.78, 5) is 24.0. The molecule has 7 heteroatoms. The zero-order valence-electron chi connectivity index (χ0n) is 12.6. The molecule has 1 unspecified atom stereocenters. The minimum absolute atomic E-state index is 0.00505. The minimum Gasteiger partial charge on any atom is -0.508 e. The number of esters is 1. The molecule has 7 nitrogen and oxygen atoms in total. The molecule has 2 aromatic carbocycles. The maximum absolute atomic E-state index is 12.5. The SMILES string of the molecule is CC(=O)OC1(c2ccc(O)cc2)CC(=O)c2c(O)cc(O)cc2O1. The number of benzene rings is 2. The van der Waals surface area contributed by atoms with Gasteiger partial charge in [-0.1, -0.05) is 0 Å². The summed E-state index contributed by atoms with van der Waals surface area (Å²) in [6.45, 7) is 1.17. The van der Waals surface area contributed by atoms with Crippen molar-refractivity contribution in [1.82, 2.24) is 0 Å². The molecule has 0 bridgehead atoms. The van der Waals surface area contributed by atoms with Gasteiger partial charge in [-0.25, -0.2) is 0 Å². The Bertz CT molecular complexity index is 826. The molecule has 2 aromatic rings. The predicted molar refractivity (Wildman–Crippen MR) is 80.9 cm³/mol. The number of Topliss-reactive ketones (excluding diaryl/α,β-unsaturated/α-hetero) is 1. The van der Waals surface area contributed by atoms with Gasteiger partial charge in [-0.15, -0.1) is 0 Å². The summed E-state index contributed by atoms with van der Waals surface area (Å²) in [7, 11) is 0. The molecule has 0 saturated carbocycles. The van der Waals surface area contributed by atoms with E-state index in [4.69, 9.17) is 9.47 Å². The van der Waals surface area contributed by atoms with Crippen LogP contribution in [0.1, 0.15) is 29.3 Å². The van der Waals surface area contributed by atoms with Crippen LogP contribution < -0.4 is 4.74 Å². The van der Waals surface area contributed by atoms with Crippen LogP contribution >= 0.6 is 0 Å². The third kappa shape index (κ3) is 2.60. The second-order valence-electron chi connectivity index (χ2n) is 5.43. The van der Waals surface area contributed by atoms with Crippen molar-refractivity contribution in [3.63, 3.8) is 0 Å². The molecular weight excluding hydrogens is 316 g/mol. The van der Waals surface area contributed by atoms with E-state index in [0.29, 0.717) is 5.56 Å². The lowest BCUT2D eigenvalue weighted by molar-refractivity contribution is -0.201. The number of carbonyl (C=O) groups is 2. The highest BCUT2D eigenvalue weighted by atomic mass is 16.7. The number of ether oxygens (including phenoxy) is 2. The van der Waals surface area contributed by atoms with Crippen LogP contribution in [0.25, 0.3) is 0 Å². The number of ketones is 1. The van der Waals surface area contributed by atoms with Gasteiger partial charge in [-0.2, -0.15) is 0 Å². The zero-order chi connectivity index (χ0) is 17.5. The van der Waals surface area contributed by atoms with E-state index < -0.39 is 23.3 Å². The quantitative estimate of drug-likeness (QED) is 0.723. The van der Waals surface area contributed by atoms with Gasteiger partial charge in [0.2, 0.25) is 0 Å². The molecule has 0 radical (unpaired) electrons. The Morgan fingerprint density at radius 2 is 1.79 bits per heavy atom. The van der Waals surface area contributed by atoms with Gasteiger partial charge in [0.25, 0.3) is 5.79 Å². The van der Waals surface area contributed by atoms with Gasteiger partial charge in [0.1, 0.15) is 28.6 Å². The Labute approximate surface area is 136 Å². The third-order valence-corrected chi connectivity index (χ3v) is 3.63. The highest BCUT2D eigenvalue weighted by molar-refractivity contribution is 6.03. The molecule has 24 heavy (non-hydrogen) atoms. The Morgan fingerprint density at radius 3 is 2.42 bits per heavy atom. The number of hydrogen-bond donors (Lipinski definition) is 3. The summed E-state index contributed by atoms with van der Waals surface area (Å²) in [5.74, 6) is -3.76. The zero-order valence-corrected chi connectivity index (χ0v) is 12.6. The smallest absolute Gasteiger partial charge is 0.306 e. The summed E-state index contributed by atoms with van der Waals surface area (Å²) >= 11 is 0. The molecule has 0 spiro atoms. The van der Waals surface area contributed by atoms with Crippen molar-refractivity contribution in [3.8, 4) is 23.0 Å². The average Bonchev–Trinajstić information content (AvgIpc) is 2.45. The van der Waals surface area contributed by atoms with E-state index in [1.807, 2.05) is 0 Å². The van der Waals surface area contributed by atoms with E-state index in [1.54, 1.807) is 0 Å². The monoisotopic (exact) mass is 330 g/mol. The van der Waals surface area contributed by atoms with Crippen molar-refractivity contribution in [1.29, 1.82) is 0 Å². The number of hydrogen-bond acceptors (Lipinski definition) is 7. The molecule has 0 aliphatic carbocycles. The average molecular weight is 330 g/mol. The Balaban J connectivity index is 2.15. The van der Waals surface area contributed by atoms with Crippen LogP contribution in [0.2, 0.25) is 0 Å². The summed E-state index contributed by atoms with van der Waals surface area (Å²) in [5, 5.41) is 28.9. The first-order valence-electron chi connectivity index (χ1n) is 7.08. The third-order valence-electron chi connectivity index (χ3n) is 3.63. The van der Waals surface area contributed by atoms with E-state index >= 15 is 0 Å². The highest BCUT2D eigenvalue weighted by Gasteiger charge is 2.46. The maximum Gasteiger partial charge on any atom is 0.306 e. The first-order chi connectivity index (χ1) is 11.3. The Morgan fingerprint density at radius 1 is 1.12 bits per heavy atom. The van der Waals surface area contributed by atoms with E-state index in [9.17, 15) is 24.9 Å². The number of phenolic OH excluding ortho intramolecular Hbond substituents is 3. The molecule has 0 amide bonds. The van der Waals surface area contributed by atoms with Crippen LogP contribution in [0.3, 0.4) is 0 Å². The largest absolute Gasteiger partial charge is 0.508 e. The van der Waals surface area contributed by atoms with E-state index in [2.05, 4.69) is 0 Å². The van der Waals surface area contributed by atoms with Crippen molar-refractivity contribution in [2.45, 2.75) is 19.1 Å². The van der Waals surface area contributed by atoms with Crippen molar-refractivity contribution < 1.29 is 34.4 Å². The van der Waals surface area contributed by atoms with Crippen LogP contribution in [0, 0.1) is 0 Å². The van der Waals surface area contributed by atoms with Crippen LogP contribution in [0.4, 0.5) is 0 Å². The van der Waals surface area contributed by atoms with Gasteiger partial charge in [0.15, 0.2) is 5.78 Å². The lowest BCUT2D eigenvalue weighted by Crippen LogP contribution is -2.43. The fourth-order valence-corrected chi connectivity index (χ4v) is 2.69. The second-order valence-corrected chi connectivity index (χ2v) is 5.43. The molecule has 0 fully saturated rings. The first-order valence-corrected chi connectivity index (χ1v) is 7.08. The van der Waals surface area contributed by atoms with Gasteiger partial charge >= 0.3 is 5.97 Å². The fourth-order valence-electron chi connectivity index (χ4n) is 2.69. The van der Waals surface area contributed by atoms with Gasteiger partial charge in [0.05, 0.1) is 6.42 Å².